The molecule has 0 fully saturated rings. The average Bonchev–Trinajstić information content (AvgIpc) is 1.77. The number of hydrogen-bond acceptors (Lipinski definition) is 0. The molecule has 1 radical (unpaired) electrons. The number of allylic oxidation sites excluding steroid dienone is 2. The molecule has 0 aromatic carbocycles. The maximum atomic E-state index is 2.38. The van der Waals surface area contributed by atoms with Crippen LogP contribution in [-0.2, 0) is 17.1 Å². The van der Waals surface area contributed by atoms with Crippen LogP contribution in [0, 0.1) is 12.3 Å². The van der Waals surface area contributed by atoms with Gasteiger partial charge in [0.05, 0.1) is 0 Å². The van der Waals surface area contributed by atoms with Gasteiger partial charge in [0.25, 0.3) is 0 Å². The van der Waals surface area contributed by atoms with Crippen LogP contribution in [0.1, 0.15) is 26.7 Å². The van der Waals surface area contributed by atoms with Crippen LogP contribution < -0.4 is 0 Å². The van der Waals surface area contributed by atoms with Gasteiger partial charge >= 0.3 is 17.1 Å². The third-order valence-electron chi connectivity index (χ3n) is 1.87. The number of hydrogen-bond donors (Lipinski definition) is 0. The zero-order valence-corrected chi connectivity index (χ0v) is 7.20. The zero-order chi connectivity index (χ0) is 5.98. The molecular weight excluding hydrogens is 151 g/mol. The van der Waals surface area contributed by atoms with Crippen molar-refractivity contribution in [2.24, 2.45) is 5.92 Å². The SMILES string of the molecule is CC1=CCC[CH-]C1C.[Mn+2]. The van der Waals surface area contributed by atoms with Crippen molar-refractivity contribution in [2.75, 3.05) is 0 Å². The quantitative estimate of drug-likeness (QED) is 0.293. The summed E-state index contributed by atoms with van der Waals surface area (Å²) in [6.45, 7) is 4.46. The summed E-state index contributed by atoms with van der Waals surface area (Å²) in [5.41, 5.74) is 1.54. The van der Waals surface area contributed by atoms with E-state index in [1.165, 1.54) is 18.4 Å². The predicted octanol–water partition coefficient (Wildman–Crippen LogP) is 2.56. The third kappa shape index (κ3) is 2.55. The van der Waals surface area contributed by atoms with Crippen molar-refractivity contribution < 1.29 is 17.1 Å². The van der Waals surface area contributed by atoms with Crippen LogP contribution in [0.25, 0.3) is 0 Å². The Morgan fingerprint density at radius 2 is 2.33 bits per heavy atom. The summed E-state index contributed by atoms with van der Waals surface area (Å²) in [4.78, 5) is 0. The molecule has 0 heterocycles. The van der Waals surface area contributed by atoms with Gasteiger partial charge in [-0.1, -0.05) is 19.4 Å². The van der Waals surface area contributed by atoms with Gasteiger partial charge in [0.2, 0.25) is 0 Å². The topological polar surface area (TPSA) is 0 Å². The van der Waals surface area contributed by atoms with Crippen LogP contribution in [-0.4, -0.2) is 0 Å². The molecule has 0 saturated carbocycles. The van der Waals surface area contributed by atoms with Crippen LogP contribution >= 0.6 is 0 Å². The predicted molar refractivity (Wildman–Crippen MR) is 36.5 cm³/mol. The van der Waals surface area contributed by atoms with E-state index in [-0.39, 0.29) is 17.1 Å². The molecule has 1 aliphatic rings. The Kier molecular flexibility index (Phi) is 4.25. The Balaban J connectivity index is 0.000000640. The van der Waals surface area contributed by atoms with E-state index >= 15 is 0 Å². The summed E-state index contributed by atoms with van der Waals surface area (Å²) in [5, 5.41) is 0. The minimum atomic E-state index is 0. The van der Waals surface area contributed by atoms with Crippen molar-refractivity contribution in [3.63, 3.8) is 0 Å². The van der Waals surface area contributed by atoms with Gasteiger partial charge in [0.15, 0.2) is 0 Å². The van der Waals surface area contributed by atoms with Crippen molar-refractivity contribution >= 4 is 0 Å². The fraction of sp³-hybridized carbons (Fsp3) is 0.625. The second-order valence-corrected chi connectivity index (χ2v) is 2.55. The van der Waals surface area contributed by atoms with E-state index in [0.29, 0.717) is 0 Å². The van der Waals surface area contributed by atoms with E-state index in [2.05, 4.69) is 26.3 Å². The summed E-state index contributed by atoms with van der Waals surface area (Å²) >= 11 is 0. The second kappa shape index (κ2) is 4.14. The molecule has 1 rings (SSSR count). The summed E-state index contributed by atoms with van der Waals surface area (Å²) in [5.74, 6) is 0.740. The van der Waals surface area contributed by atoms with Crippen molar-refractivity contribution in [3.05, 3.63) is 18.1 Å². The fourth-order valence-corrected chi connectivity index (χ4v) is 1.03. The average molecular weight is 164 g/mol. The van der Waals surface area contributed by atoms with Crippen LogP contribution in [0.15, 0.2) is 11.6 Å². The summed E-state index contributed by atoms with van der Waals surface area (Å²) in [6.07, 6.45) is 7.26. The number of rotatable bonds is 0. The molecule has 0 saturated heterocycles. The first-order valence-corrected chi connectivity index (χ1v) is 3.30. The van der Waals surface area contributed by atoms with Crippen molar-refractivity contribution in [2.45, 2.75) is 26.7 Å². The van der Waals surface area contributed by atoms with Crippen LogP contribution in [0.2, 0.25) is 0 Å². The Bertz CT molecular complexity index is 105. The molecule has 0 bridgehead atoms. The monoisotopic (exact) mass is 164 g/mol. The molecule has 0 aromatic rings. The summed E-state index contributed by atoms with van der Waals surface area (Å²) in [7, 11) is 0. The molecule has 51 valence electrons. The van der Waals surface area contributed by atoms with Gasteiger partial charge in [-0.3, -0.25) is 0 Å². The van der Waals surface area contributed by atoms with Crippen LogP contribution in [0.4, 0.5) is 0 Å². The molecule has 0 spiro atoms. The zero-order valence-electron chi connectivity index (χ0n) is 6.02. The van der Waals surface area contributed by atoms with Gasteiger partial charge in [0.1, 0.15) is 0 Å². The standard InChI is InChI=1S/C8H13.Mn/c1-7-5-3-4-6-8(7)2;/h5-7H,3-4H2,1-2H3;/q-1;+2. The molecule has 1 heteroatoms. The van der Waals surface area contributed by atoms with Crippen molar-refractivity contribution in [1.29, 1.82) is 0 Å². The fourth-order valence-electron chi connectivity index (χ4n) is 1.03. The van der Waals surface area contributed by atoms with E-state index in [9.17, 15) is 0 Å². The Morgan fingerprint density at radius 1 is 1.67 bits per heavy atom. The normalized spacial score (nSPS) is 26.4. The molecule has 0 nitrogen and oxygen atoms in total. The molecule has 9 heavy (non-hydrogen) atoms. The third-order valence-corrected chi connectivity index (χ3v) is 1.87. The van der Waals surface area contributed by atoms with E-state index in [1.54, 1.807) is 0 Å². The van der Waals surface area contributed by atoms with Gasteiger partial charge in [0, 0.05) is 0 Å². The molecule has 1 aliphatic carbocycles. The maximum Gasteiger partial charge on any atom is 2.00 e. The molecule has 1 unspecified atom stereocenters. The van der Waals surface area contributed by atoms with Gasteiger partial charge in [-0.2, -0.15) is 6.42 Å². The smallest absolute Gasteiger partial charge is 0.321 e. The largest absolute Gasteiger partial charge is 2.00 e. The summed E-state index contributed by atoms with van der Waals surface area (Å²) < 4.78 is 0. The van der Waals surface area contributed by atoms with E-state index < -0.39 is 0 Å². The van der Waals surface area contributed by atoms with Gasteiger partial charge < -0.3 is 6.42 Å². The molecule has 0 amide bonds. The van der Waals surface area contributed by atoms with Gasteiger partial charge in [-0.15, -0.1) is 11.5 Å². The van der Waals surface area contributed by atoms with Crippen LogP contribution in [0.5, 0.6) is 0 Å². The first-order chi connectivity index (χ1) is 3.80. The van der Waals surface area contributed by atoms with Crippen molar-refractivity contribution in [1.82, 2.24) is 0 Å². The first kappa shape index (κ1) is 9.26. The Morgan fingerprint density at radius 3 is 2.67 bits per heavy atom. The maximum absolute atomic E-state index is 2.38. The van der Waals surface area contributed by atoms with Crippen molar-refractivity contribution in [3.8, 4) is 0 Å². The first-order valence-electron chi connectivity index (χ1n) is 3.30. The van der Waals surface area contributed by atoms with E-state index in [1.807, 2.05) is 0 Å². The van der Waals surface area contributed by atoms with E-state index in [4.69, 9.17) is 0 Å². The molecule has 0 aliphatic heterocycles. The molecule has 0 aromatic heterocycles. The second-order valence-electron chi connectivity index (χ2n) is 2.55. The minimum Gasteiger partial charge on any atom is -0.321 e. The summed E-state index contributed by atoms with van der Waals surface area (Å²) in [6, 6.07) is 0. The minimum absolute atomic E-state index is 0. The molecule has 0 N–H and O–H groups in total. The Hall–Kier alpha value is 0.259. The Labute approximate surface area is 68.2 Å². The molecule has 1 atom stereocenters. The van der Waals surface area contributed by atoms with Gasteiger partial charge in [-0.25, -0.2) is 0 Å². The van der Waals surface area contributed by atoms with Crippen LogP contribution in [0.3, 0.4) is 0 Å². The molecular formula is C8H13Mn+. The van der Waals surface area contributed by atoms with E-state index in [0.717, 1.165) is 5.92 Å². The van der Waals surface area contributed by atoms with Gasteiger partial charge in [-0.05, 0) is 6.92 Å².